The van der Waals surface area contributed by atoms with Crippen molar-refractivity contribution in [2.24, 2.45) is 11.8 Å². The molecule has 2 heterocycles. The summed E-state index contributed by atoms with van der Waals surface area (Å²) < 4.78 is 27.8. The van der Waals surface area contributed by atoms with Crippen LogP contribution < -0.4 is 0 Å². The first-order valence-electron chi connectivity index (χ1n) is 11.2. The highest BCUT2D eigenvalue weighted by molar-refractivity contribution is 5.89. The molecular formula is C23H30O12. The van der Waals surface area contributed by atoms with Crippen LogP contribution in [0.4, 0.5) is 0 Å². The second kappa shape index (κ2) is 10.9. The van der Waals surface area contributed by atoms with Crippen molar-refractivity contribution in [2.75, 3.05) is 20.3 Å². The molecule has 12 nitrogen and oxygen atoms in total. The number of rotatable bonds is 7. The molecule has 2 aliphatic heterocycles. The number of hydrogen-bond donors (Lipinski definition) is 6. The molecule has 194 valence electrons. The monoisotopic (exact) mass is 498 g/mol. The number of esters is 1. The predicted octanol–water partition coefficient (Wildman–Crippen LogP) is -1.38. The van der Waals surface area contributed by atoms with Crippen molar-refractivity contribution in [3.63, 3.8) is 0 Å². The first-order chi connectivity index (χ1) is 16.7. The highest BCUT2D eigenvalue weighted by Crippen LogP contribution is 2.44. The van der Waals surface area contributed by atoms with Crippen molar-refractivity contribution in [3.8, 4) is 5.75 Å². The number of fused-ring (bicyclic) bond motifs is 1. The van der Waals surface area contributed by atoms with Crippen LogP contribution in [-0.2, 0) is 23.7 Å². The van der Waals surface area contributed by atoms with Gasteiger partial charge in [0, 0.05) is 25.4 Å². The number of benzene rings is 1. The van der Waals surface area contributed by atoms with Crippen LogP contribution in [-0.4, -0.2) is 106 Å². The number of carbonyl (C=O) groups excluding carboxylic acids is 1. The van der Waals surface area contributed by atoms with Gasteiger partial charge in [-0.3, -0.25) is 0 Å². The van der Waals surface area contributed by atoms with Crippen LogP contribution in [0.5, 0.6) is 5.75 Å². The van der Waals surface area contributed by atoms with E-state index in [1.165, 1.54) is 31.4 Å². The Morgan fingerprint density at radius 1 is 1.03 bits per heavy atom. The Kier molecular flexibility index (Phi) is 8.06. The van der Waals surface area contributed by atoms with Gasteiger partial charge in [0.05, 0.1) is 18.3 Å². The van der Waals surface area contributed by atoms with Crippen LogP contribution in [0.15, 0.2) is 35.9 Å². The Labute approximate surface area is 200 Å². The summed E-state index contributed by atoms with van der Waals surface area (Å²) in [5.74, 6) is -1.67. The fraction of sp³-hybridized carbons (Fsp3) is 0.609. The topological polar surface area (TPSA) is 185 Å². The molecular weight excluding hydrogens is 468 g/mol. The maximum absolute atomic E-state index is 12.4. The van der Waals surface area contributed by atoms with Gasteiger partial charge in [-0.05, 0) is 29.8 Å². The fourth-order valence-corrected chi connectivity index (χ4v) is 4.67. The third-order valence-corrected chi connectivity index (χ3v) is 6.61. The molecule has 2 fully saturated rings. The van der Waals surface area contributed by atoms with Gasteiger partial charge in [0.1, 0.15) is 36.8 Å². The molecule has 2 saturated heterocycles. The summed E-state index contributed by atoms with van der Waals surface area (Å²) in [4.78, 5) is 12.4. The lowest BCUT2D eigenvalue weighted by molar-refractivity contribution is -0.372. The van der Waals surface area contributed by atoms with Gasteiger partial charge in [-0.25, -0.2) is 4.79 Å². The van der Waals surface area contributed by atoms with Crippen LogP contribution in [0.25, 0.3) is 0 Å². The van der Waals surface area contributed by atoms with E-state index in [4.69, 9.17) is 23.7 Å². The Hall–Kier alpha value is -2.13. The van der Waals surface area contributed by atoms with Crippen molar-refractivity contribution in [3.05, 3.63) is 41.5 Å². The lowest BCUT2D eigenvalue weighted by Crippen LogP contribution is -2.60. The summed E-state index contributed by atoms with van der Waals surface area (Å²) >= 11 is 0. The normalized spacial score (nSPS) is 39.1. The van der Waals surface area contributed by atoms with Gasteiger partial charge < -0.3 is 54.3 Å². The number of aromatic hydroxyl groups is 1. The van der Waals surface area contributed by atoms with Crippen molar-refractivity contribution < 1.29 is 59.1 Å². The number of phenols is 1. The summed E-state index contributed by atoms with van der Waals surface area (Å²) in [6, 6.07) is 5.54. The van der Waals surface area contributed by atoms with E-state index in [0.29, 0.717) is 12.0 Å². The lowest BCUT2D eigenvalue weighted by atomic mass is 9.84. The van der Waals surface area contributed by atoms with Crippen molar-refractivity contribution in [1.29, 1.82) is 0 Å². The zero-order valence-corrected chi connectivity index (χ0v) is 18.9. The molecule has 0 bridgehead atoms. The van der Waals surface area contributed by atoms with E-state index < -0.39 is 73.8 Å². The highest BCUT2D eigenvalue weighted by Gasteiger charge is 2.51. The van der Waals surface area contributed by atoms with Crippen LogP contribution in [0.3, 0.4) is 0 Å². The molecule has 0 unspecified atom stereocenters. The molecule has 0 spiro atoms. The predicted molar refractivity (Wildman–Crippen MR) is 115 cm³/mol. The molecule has 0 amide bonds. The molecule has 0 radical (unpaired) electrons. The van der Waals surface area contributed by atoms with Gasteiger partial charge in [0.15, 0.2) is 18.9 Å². The zero-order chi connectivity index (χ0) is 25.3. The van der Waals surface area contributed by atoms with E-state index >= 15 is 0 Å². The molecule has 4 rings (SSSR count). The van der Waals surface area contributed by atoms with Crippen molar-refractivity contribution in [2.45, 2.75) is 55.8 Å². The quantitative estimate of drug-likeness (QED) is 0.191. The number of phenolic OH excluding ortho intramolecular Hbond substituents is 1. The standard InChI is InChI=1S/C23H30O12/c1-31-16-7-13-14(26)6-11(9-32-21(30)10-2-4-12(25)5-3-10)17(13)22(34-16)35-23-20(29)19(28)18(27)15(8-24)33-23/h2-6,13-20,22-29H,7-9H2,1H3/t13-,14+,15-,16-,17+,18-,19-,20-,22-,23+/m0/s1. The van der Waals surface area contributed by atoms with Crippen molar-refractivity contribution >= 4 is 5.97 Å². The van der Waals surface area contributed by atoms with Crippen LogP contribution >= 0.6 is 0 Å². The molecule has 35 heavy (non-hydrogen) atoms. The number of aliphatic hydroxyl groups excluding tert-OH is 5. The second-order valence-corrected chi connectivity index (χ2v) is 8.78. The molecule has 3 aliphatic rings. The van der Waals surface area contributed by atoms with Crippen LogP contribution in [0.2, 0.25) is 0 Å². The molecule has 0 aromatic heterocycles. The maximum Gasteiger partial charge on any atom is 0.338 e. The molecule has 1 aliphatic carbocycles. The highest BCUT2D eigenvalue weighted by atomic mass is 16.8. The van der Waals surface area contributed by atoms with Gasteiger partial charge in [0.2, 0.25) is 0 Å². The van der Waals surface area contributed by atoms with Gasteiger partial charge in [-0.2, -0.15) is 0 Å². The average Bonchev–Trinajstić information content (AvgIpc) is 3.18. The Bertz CT molecular complexity index is 902. The summed E-state index contributed by atoms with van der Waals surface area (Å²) in [5, 5.41) is 60.0. The number of ether oxygens (including phenoxy) is 5. The van der Waals surface area contributed by atoms with Crippen LogP contribution in [0, 0.1) is 11.8 Å². The third kappa shape index (κ3) is 5.35. The number of aliphatic hydroxyl groups is 5. The summed E-state index contributed by atoms with van der Waals surface area (Å²) in [7, 11) is 1.42. The summed E-state index contributed by atoms with van der Waals surface area (Å²) in [5.41, 5.74) is 0.741. The number of hydrogen-bond acceptors (Lipinski definition) is 12. The first-order valence-corrected chi connectivity index (χ1v) is 11.2. The second-order valence-electron chi connectivity index (χ2n) is 8.78. The molecule has 10 atom stereocenters. The van der Waals surface area contributed by atoms with E-state index in [9.17, 15) is 35.4 Å². The van der Waals surface area contributed by atoms with Gasteiger partial charge in [0.25, 0.3) is 0 Å². The molecule has 0 saturated carbocycles. The van der Waals surface area contributed by atoms with E-state index in [-0.39, 0.29) is 17.9 Å². The minimum Gasteiger partial charge on any atom is -0.508 e. The summed E-state index contributed by atoms with van der Waals surface area (Å²) in [6.45, 7) is -0.812. The maximum atomic E-state index is 12.4. The van der Waals surface area contributed by atoms with Crippen LogP contribution in [0.1, 0.15) is 16.8 Å². The number of methoxy groups -OCH3 is 1. The SMILES string of the molecule is CO[C@@H]1C[C@@H]2[C@@H](C(COC(=O)c3ccc(O)cc3)=C[C@H]2O)[C@H](O[C@H]2O[C@@H](CO)[C@H](O)[C@H](O)[C@@H]2O)O1. The first kappa shape index (κ1) is 25.9. The van der Waals surface area contributed by atoms with E-state index in [0.717, 1.165) is 0 Å². The Morgan fingerprint density at radius 3 is 2.40 bits per heavy atom. The minimum absolute atomic E-state index is 0.00579. The molecule has 6 N–H and O–H groups in total. The molecule has 12 heteroatoms. The smallest absolute Gasteiger partial charge is 0.338 e. The molecule has 1 aromatic rings. The largest absolute Gasteiger partial charge is 0.508 e. The Morgan fingerprint density at radius 2 is 1.74 bits per heavy atom. The third-order valence-electron chi connectivity index (χ3n) is 6.61. The van der Waals surface area contributed by atoms with Crippen molar-refractivity contribution in [1.82, 2.24) is 0 Å². The van der Waals surface area contributed by atoms with Gasteiger partial charge >= 0.3 is 5.97 Å². The minimum atomic E-state index is -1.65. The lowest BCUT2D eigenvalue weighted by Gasteiger charge is -2.44. The average molecular weight is 498 g/mol. The zero-order valence-electron chi connectivity index (χ0n) is 18.9. The molecule has 1 aromatic carbocycles. The fourth-order valence-electron chi connectivity index (χ4n) is 4.67. The van der Waals surface area contributed by atoms with Gasteiger partial charge in [-0.1, -0.05) is 6.08 Å². The van der Waals surface area contributed by atoms with E-state index in [1.807, 2.05) is 0 Å². The van der Waals surface area contributed by atoms with E-state index in [2.05, 4.69) is 0 Å². The number of carbonyl (C=O) groups is 1. The van der Waals surface area contributed by atoms with Gasteiger partial charge in [-0.15, -0.1) is 0 Å². The summed E-state index contributed by atoms with van der Waals surface area (Å²) in [6.07, 6.45) is -8.44. The Balaban J connectivity index is 1.49. The van der Waals surface area contributed by atoms with E-state index in [1.54, 1.807) is 6.08 Å².